The SMILES string of the molecule is NNC(c1cnnn1-c1ccccc1)C1CCCCO1. The summed E-state index contributed by atoms with van der Waals surface area (Å²) in [6.45, 7) is 0.787. The van der Waals surface area contributed by atoms with E-state index in [1.54, 1.807) is 6.20 Å². The molecule has 2 aromatic rings. The molecule has 20 heavy (non-hydrogen) atoms. The van der Waals surface area contributed by atoms with Crippen molar-refractivity contribution in [3.05, 3.63) is 42.2 Å². The molecule has 1 saturated heterocycles. The van der Waals surface area contributed by atoms with Gasteiger partial charge in [-0.05, 0) is 31.4 Å². The number of aromatic nitrogens is 3. The number of para-hydroxylation sites is 1. The second kappa shape index (κ2) is 6.13. The molecular weight excluding hydrogens is 254 g/mol. The average molecular weight is 273 g/mol. The second-order valence-electron chi connectivity index (χ2n) is 4.96. The van der Waals surface area contributed by atoms with Crippen LogP contribution in [0.2, 0.25) is 0 Å². The first-order chi connectivity index (χ1) is 9.90. The summed E-state index contributed by atoms with van der Waals surface area (Å²) >= 11 is 0. The van der Waals surface area contributed by atoms with E-state index in [1.807, 2.05) is 35.0 Å². The van der Waals surface area contributed by atoms with E-state index >= 15 is 0 Å². The molecule has 1 aliphatic heterocycles. The Morgan fingerprint density at radius 3 is 2.85 bits per heavy atom. The number of nitrogens with zero attached hydrogens (tertiary/aromatic N) is 3. The molecule has 0 aliphatic carbocycles. The van der Waals surface area contributed by atoms with Gasteiger partial charge in [-0.15, -0.1) is 5.10 Å². The maximum atomic E-state index is 5.83. The van der Waals surface area contributed by atoms with Crippen LogP contribution < -0.4 is 11.3 Å². The summed E-state index contributed by atoms with van der Waals surface area (Å²) in [5, 5.41) is 8.19. The van der Waals surface area contributed by atoms with Crippen LogP contribution in [0.3, 0.4) is 0 Å². The topological polar surface area (TPSA) is 78.0 Å². The largest absolute Gasteiger partial charge is 0.376 e. The molecule has 1 aliphatic rings. The number of hydrazine groups is 1. The van der Waals surface area contributed by atoms with Gasteiger partial charge >= 0.3 is 0 Å². The van der Waals surface area contributed by atoms with Crippen molar-refractivity contribution >= 4 is 0 Å². The third-order valence-electron chi connectivity index (χ3n) is 3.66. The Morgan fingerprint density at radius 1 is 1.30 bits per heavy atom. The van der Waals surface area contributed by atoms with Gasteiger partial charge < -0.3 is 4.74 Å². The molecule has 6 nitrogen and oxygen atoms in total. The fourth-order valence-corrected chi connectivity index (χ4v) is 2.64. The number of rotatable bonds is 4. The monoisotopic (exact) mass is 273 g/mol. The minimum Gasteiger partial charge on any atom is -0.376 e. The maximum Gasteiger partial charge on any atom is 0.0911 e. The van der Waals surface area contributed by atoms with Gasteiger partial charge in [0.1, 0.15) is 0 Å². The van der Waals surface area contributed by atoms with Gasteiger partial charge in [-0.1, -0.05) is 23.4 Å². The molecule has 1 aromatic carbocycles. The fraction of sp³-hybridized carbons (Fsp3) is 0.429. The standard InChI is InChI=1S/C14H19N5O/c15-17-14(13-8-4-5-9-20-13)12-10-16-18-19(12)11-6-2-1-3-7-11/h1-3,6-7,10,13-14,17H,4-5,8-9,15H2. The normalized spacial score (nSPS) is 20.8. The van der Waals surface area contributed by atoms with Crippen molar-refractivity contribution in [2.24, 2.45) is 5.84 Å². The Kier molecular flexibility index (Phi) is 4.05. The third kappa shape index (κ3) is 2.58. The minimum atomic E-state index is -0.106. The van der Waals surface area contributed by atoms with Crippen molar-refractivity contribution in [1.82, 2.24) is 20.4 Å². The van der Waals surface area contributed by atoms with Crippen LogP contribution >= 0.6 is 0 Å². The van der Waals surface area contributed by atoms with Crippen molar-refractivity contribution in [3.63, 3.8) is 0 Å². The number of nitrogens with two attached hydrogens (primary N) is 1. The number of nitrogens with one attached hydrogen (secondary N) is 1. The molecular formula is C14H19N5O. The van der Waals surface area contributed by atoms with Crippen LogP contribution in [0.4, 0.5) is 0 Å². The summed E-state index contributed by atoms with van der Waals surface area (Å²) in [5.41, 5.74) is 4.75. The van der Waals surface area contributed by atoms with Gasteiger partial charge in [0.05, 0.1) is 29.7 Å². The third-order valence-corrected chi connectivity index (χ3v) is 3.66. The molecule has 0 spiro atoms. The number of ether oxygens (including phenoxy) is 1. The quantitative estimate of drug-likeness (QED) is 0.649. The van der Waals surface area contributed by atoms with Crippen molar-refractivity contribution < 1.29 is 4.74 Å². The van der Waals surface area contributed by atoms with E-state index in [9.17, 15) is 0 Å². The first-order valence-corrected chi connectivity index (χ1v) is 6.94. The van der Waals surface area contributed by atoms with Gasteiger partial charge in [-0.2, -0.15) is 0 Å². The lowest BCUT2D eigenvalue weighted by atomic mass is 10.0. The second-order valence-corrected chi connectivity index (χ2v) is 4.96. The molecule has 106 valence electrons. The fourth-order valence-electron chi connectivity index (χ4n) is 2.64. The van der Waals surface area contributed by atoms with E-state index in [2.05, 4.69) is 15.7 Å². The highest BCUT2D eigenvalue weighted by Gasteiger charge is 2.28. The van der Waals surface area contributed by atoms with Crippen LogP contribution in [0.25, 0.3) is 5.69 Å². The lowest BCUT2D eigenvalue weighted by molar-refractivity contribution is -0.00957. The number of hydrogen-bond donors (Lipinski definition) is 2. The Morgan fingerprint density at radius 2 is 2.15 bits per heavy atom. The molecule has 2 unspecified atom stereocenters. The minimum absolute atomic E-state index is 0.0645. The Labute approximate surface area is 117 Å². The Hall–Kier alpha value is -1.76. The van der Waals surface area contributed by atoms with Gasteiger partial charge in [0.25, 0.3) is 0 Å². The molecule has 0 bridgehead atoms. The molecule has 3 rings (SSSR count). The summed E-state index contributed by atoms with van der Waals surface area (Å²) in [5.74, 6) is 5.74. The van der Waals surface area contributed by atoms with Crippen LogP contribution in [0.15, 0.2) is 36.5 Å². The van der Waals surface area contributed by atoms with Crippen molar-refractivity contribution in [1.29, 1.82) is 0 Å². The van der Waals surface area contributed by atoms with Crippen LogP contribution in [0.1, 0.15) is 31.0 Å². The summed E-state index contributed by atoms with van der Waals surface area (Å²) in [6.07, 6.45) is 5.08. The van der Waals surface area contributed by atoms with Crippen LogP contribution in [-0.4, -0.2) is 27.7 Å². The predicted molar refractivity (Wildman–Crippen MR) is 75.0 cm³/mol. The average Bonchev–Trinajstić information content (AvgIpc) is 2.99. The highest BCUT2D eigenvalue weighted by molar-refractivity contribution is 5.32. The highest BCUT2D eigenvalue weighted by atomic mass is 16.5. The van der Waals surface area contributed by atoms with E-state index in [-0.39, 0.29) is 12.1 Å². The summed E-state index contributed by atoms with van der Waals surface area (Å²) < 4.78 is 7.64. The summed E-state index contributed by atoms with van der Waals surface area (Å²) in [7, 11) is 0. The molecule has 0 amide bonds. The van der Waals surface area contributed by atoms with E-state index in [1.165, 1.54) is 0 Å². The van der Waals surface area contributed by atoms with Gasteiger partial charge in [-0.3, -0.25) is 5.84 Å². The summed E-state index contributed by atoms with van der Waals surface area (Å²) in [6, 6.07) is 9.81. The highest BCUT2D eigenvalue weighted by Crippen LogP contribution is 2.26. The van der Waals surface area contributed by atoms with E-state index in [4.69, 9.17) is 10.6 Å². The zero-order valence-corrected chi connectivity index (χ0v) is 11.3. The molecule has 0 saturated carbocycles. The van der Waals surface area contributed by atoms with Crippen LogP contribution in [0, 0.1) is 0 Å². The molecule has 3 N–H and O–H groups in total. The molecule has 0 radical (unpaired) electrons. The zero-order chi connectivity index (χ0) is 13.8. The van der Waals surface area contributed by atoms with E-state index < -0.39 is 0 Å². The Balaban J connectivity index is 1.91. The van der Waals surface area contributed by atoms with E-state index in [0.717, 1.165) is 37.3 Å². The molecule has 2 heterocycles. The van der Waals surface area contributed by atoms with Crippen molar-refractivity contribution in [2.75, 3.05) is 6.61 Å². The Bertz CT molecular complexity index is 536. The van der Waals surface area contributed by atoms with Gasteiger partial charge in [-0.25, -0.2) is 10.1 Å². The summed E-state index contributed by atoms with van der Waals surface area (Å²) in [4.78, 5) is 0. The van der Waals surface area contributed by atoms with Gasteiger partial charge in [0.15, 0.2) is 0 Å². The van der Waals surface area contributed by atoms with Gasteiger partial charge in [0, 0.05) is 6.61 Å². The molecule has 1 aromatic heterocycles. The van der Waals surface area contributed by atoms with Gasteiger partial charge in [0.2, 0.25) is 0 Å². The molecule has 1 fully saturated rings. The molecule has 2 atom stereocenters. The predicted octanol–water partition coefficient (Wildman–Crippen LogP) is 1.34. The van der Waals surface area contributed by atoms with Crippen LogP contribution in [0.5, 0.6) is 0 Å². The maximum absolute atomic E-state index is 5.83. The number of hydrogen-bond acceptors (Lipinski definition) is 5. The van der Waals surface area contributed by atoms with Crippen molar-refractivity contribution in [2.45, 2.75) is 31.4 Å². The zero-order valence-electron chi connectivity index (χ0n) is 11.3. The lowest BCUT2D eigenvalue weighted by Gasteiger charge is -2.29. The van der Waals surface area contributed by atoms with Crippen molar-refractivity contribution in [3.8, 4) is 5.69 Å². The first kappa shape index (κ1) is 13.2. The number of benzene rings is 1. The van der Waals surface area contributed by atoms with Crippen LogP contribution in [-0.2, 0) is 4.74 Å². The van der Waals surface area contributed by atoms with E-state index in [0.29, 0.717) is 0 Å². The lowest BCUT2D eigenvalue weighted by Crippen LogP contribution is -2.40. The first-order valence-electron chi connectivity index (χ1n) is 6.94. The molecule has 6 heteroatoms. The smallest absolute Gasteiger partial charge is 0.0911 e.